The summed E-state index contributed by atoms with van der Waals surface area (Å²) in [5.74, 6) is -1.21. The van der Waals surface area contributed by atoms with Gasteiger partial charge in [-0.2, -0.15) is 5.10 Å². The van der Waals surface area contributed by atoms with E-state index in [0.717, 1.165) is 42.3 Å². The van der Waals surface area contributed by atoms with Gasteiger partial charge in [0.05, 0.1) is 18.7 Å². The van der Waals surface area contributed by atoms with Gasteiger partial charge in [-0.15, -0.1) is 0 Å². The number of hydrogen-bond acceptors (Lipinski definition) is 3. The van der Waals surface area contributed by atoms with Crippen molar-refractivity contribution in [2.24, 2.45) is 5.10 Å². The molecule has 0 atom stereocenters. The minimum atomic E-state index is -0.532. The Morgan fingerprint density at radius 2 is 2.04 bits per heavy atom. The predicted molar refractivity (Wildman–Crippen MR) is 106 cm³/mol. The average molecular weight is 384 g/mol. The van der Waals surface area contributed by atoms with Crippen molar-refractivity contribution in [3.05, 3.63) is 77.2 Å². The maximum absolute atomic E-state index is 13.9. The molecular formula is C22H24F2N3O. The first-order valence-corrected chi connectivity index (χ1v) is 9.32. The van der Waals surface area contributed by atoms with Crippen LogP contribution in [0, 0.1) is 18.1 Å². The molecule has 0 saturated carbocycles. The van der Waals surface area contributed by atoms with Gasteiger partial charge in [0.1, 0.15) is 11.6 Å². The van der Waals surface area contributed by atoms with E-state index in [9.17, 15) is 13.6 Å². The van der Waals surface area contributed by atoms with Gasteiger partial charge in [-0.05, 0) is 62.8 Å². The molecule has 1 radical (unpaired) electrons. The zero-order chi connectivity index (χ0) is 20.1. The molecular weight excluding hydrogens is 360 g/mol. The molecule has 1 aliphatic heterocycles. The maximum Gasteiger partial charge on any atom is 0.247 e. The normalized spacial score (nSPS) is 13.9. The van der Waals surface area contributed by atoms with Gasteiger partial charge in [0.15, 0.2) is 0 Å². The van der Waals surface area contributed by atoms with E-state index in [-0.39, 0.29) is 17.9 Å². The first-order valence-electron chi connectivity index (χ1n) is 9.32. The van der Waals surface area contributed by atoms with Gasteiger partial charge in [-0.25, -0.2) is 13.8 Å². The number of carbonyl (C=O) groups is 1. The SMILES string of the molecule is CN(C)CC[CH]c1cccc(CC(=O)N2CCC(c3cc(F)ccc3F)=N2)c1. The van der Waals surface area contributed by atoms with E-state index in [1.54, 1.807) is 0 Å². The monoisotopic (exact) mass is 384 g/mol. The minimum Gasteiger partial charge on any atom is -0.309 e. The standard InChI is InChI=1S/C22H24F2N3O/c1-26(2)11-4-7-16-5-3-6-17(13-16)14-22(28)27-12-10-21(25-27)19-15-18(23)8-9-20(19)24/h3,5-9,13,15H,4,10-12,14H2,1-2H3. The fourth-order valence-electron chi connectivity index (χ4n) is 3.13. The van der Waals surface area contributed by atoms with E-state index in [1.807, 2.05) is 38.4 Å². The highest BCUT2D eigenvalue weighted by molar-refractivity contribution is 6.03. The summed E-state index contributed by atoms with van der Waals surface area (Å²) in [5, 5.41) is 5.58. The van der Waals surface area contributed by atoms with Crippen LogP contribution < -0.4 is 0 Å². The molecule has 0 bridgehead atoms. The quantitative estimate of drug-likeness (QED) is 0.731. The summed E-state index contributed by atoms with van der Waals surface area (Å²) in [7, 11) is 4.06. The number of carbonyl (C=O) groups excluding carboxylic acids is 1. The maximum atomic E-state index is 13.9. The Kier molecular flexibility index (Phi) is 6.52. The van der Waals surface area contributed by atoms with Crippen molar-refractivity contribution in [3.63, 3.8) is 0 Å². The molecule has 147 valence electrons. The minimum absolute atomic E-state index is 0.118. The van der Waals surface area contributed by atoms with Crippen molar-refractivity contribution in [1.29, 1.82) is 0 Å². The van der Waals surface area contributed by atoms with Gasteiger partial charge in [-0.3, -0.25) is 4.79 Å². The van der Waals surface area contributed by atoms with E-state index in [0.29, 0.717) is 18.7 Å². The molecule has 0 aromatic heterocycles. The van der Waals surface area contributed by atoms with Crippen LogP contribution in [-0.2, 0) is 11.2 Å². The van der Waals surface area contributed by atoms with Crippen molar-refractivity contribution < 1.29 is 13.6 Å². The van der Waals surface area contributed by atoms with E-state index in [2.05, 4.69) is 16.4 Å². The van der Waals surface area contributed by atoms with Crippen molar-refractivity contribution in [2.75, 3.05) is 27.2 Å². The van der Waals surface area contributed by atoms with Crippen LogP contribution in [0.1, 0.15) is 29.5 Å². The molecule has 0 aliphatic carbocycles. The van der Waals surface area contributed by atoms with Crippen LogP contribution in [0.3, 0.4) is 0 Å². The van der Waals surface area contributed by atoms with Gasteiger partial charge in [-0.1, -0.05) is 24.3 Å². The Hall–Kier alpha value is -2.60. The molecule has 0 unspecified atom stereocenters. The molecule has 1 aliphatic rings. The Labute approximate surface area is 164 Å². The van der Waals surface area contributed by atoms with Crippen LogP contribution in [0.25, 0.3) is 0 Å². The van der Waals surface area contributed by atoms with Crippen LogP contribution >= 0.6 is 0 Å². The van der Waals surface area contributed by atoms with Gasteiger partial charge >= 0.3 is 0 Å². The molecule has 0 N–H and O–H groups in total. The van der Waals surface area contributed by atoms with Crippen LogP contribution in [0.4, 0.5) is 8.78 Å². The highest BCUT2D eigenvalue weighted by Crippen LogP contribution is 2.19. The van der Waals surface area contributed by atoms with Gasteiger partial charge in [0.25, 0.3) is 0 Å². The fourth-order valence-corrected chi connectivity index (χ4v) is 3.13. The number of hydrogen-bond donors (Lipinski definition) is 0. The number of rotatable bonds is 7. The smallest absolute Gasteiger partial charge is 0.247 e. The van der Waals surface area contributed by atoms with Gasteiger partial charge in [0, 0.05) is 12.0 Å². The third-order valence-corrected chi connectivity index (χ3v) is 4.59. The van der Waals surface area contributed by atoms with Gasteiger partial charge < -0.3 is 4.90 Å². The van der Waals surface area contributed by atoms with Gasteiger partial charge in [0.2, 0.25) is 5.91 Å². The Morgan fingerprint density at radius 3 is 2.82 bits per heavy atom. The van der Waals surface area contributed by atoms with Crippen LogP contribution in [-0.4, -0.2) is 48.7 Å². The molecule has 0 saturated heterocycles. The highest BCUT2D eigenvalue weighted by Gasteiger charge is 2.23. The summed E-state index contributed by atoms with van der Waals surface area (Å²) < 4.78 is 27.3. The molecule has 28 heavy (non-hydrogen) atoms. The molecule has 0 fully saturated rings. The Bertz CT molecular complexity index is 880. The molecule has 6 heteroatoms. The molecule has 1 heterocycles. The number of halogens is 2. The lowest BCUT2D eigenvalue weighted by Gasteiger charge is -2.12. The third kappa shape index (κ3) is 5.23. The molecule has 1 amide bonds. The van der Waals surface area contributed by atoms with Crippen molar-refractivity contribution in [2.45, 2.75) is 19.3 Å². The van der Waals surface area contributed by atoms with E-state index in [4.69, 9.17) is 0 Å². The lowest BCUT2D eigenvalue weighted by atomic mass is 10.0. The van der Waals surface area contributed by atoms with Crippen molar-refractivity contribution in [3.8, 4) is 0 Å². The second-order valence-corrected chi connectivity index (χ2v) is 7.16. The first-order chi connectivity index (χ1) is 13.4. The summed E-state index contributed by atoms with van der Waals surface area (Å²) in [4.78, 5) is 14.7. The lowest BCUT2D eigenvalue weighted by Crippen LogP contribution is -2.25. The van der Waals surface area contributed by atoms with E-state index in [1.165, 1.54) is 5.01 Å². The first kappa shape index (κ1) is 20.1. The largest absolute Gasteiger partial charge is 0.309 e. The molecule has 0 spiro atoms. The number of benzene rings is 2. The summed E-state index contributed by atoms with van der Waals surface area (Å²) in [6.07, 6.45) is 3.71. The lowest BCUT2D eigenvalue weighted by molar-refractivity contribution is -0.130. The zero-order valence-electron chi connectivity index (χ0n) is 16.2. The van der Waals surface area contributed by atoms with Crippen LogP contribution in [0.5, 0.6) is 0 Å². The second kappa shape index (κ2) is 9.06. The fraction of sp³-hybridized carbons (Fsp3) is 0.318. The Morgan fingerprint density at radius 1 is 1.21 bits per heavy atom. The molecule has 3 rings (SSSR count). The van der Waals surface area contributed by atoms with E-state index >= 15 is 0 Å². The zero-order valence-corrected chi connectivity index (χ0v) is 16.2. The number of amides is 1. The number of hydrazone groups is 1. The summed E-state index contributed by atoms with van der Waals surface area (Å²) >= 11 is 0. The van der Waals surface area contributed by atoms with E-state index < -0.39 is 11.6 Å². The van der Waals surface area contributed by atoms with Crippen molar-refractivity contribution in [1.82, 2.24) is 9.91 Å². The molecule has 4 nitrogen and oxygen atoms in total. The second-order valence-electron chi connectivity index (χ2n) is 7.16. The summed E-state index contributed by atoms with van der Waals surface area (Å²) in [6.45, 7) is 1.34. The summed E-state index contributed by atoms with van der Waals surface area (Å²) in [5.41, 5.74) is 2.51. The molecule has 2 aromatic rings. The number of nitrogens with zero attached hydrogens (tertiary/aromatic N) is 3. The van der Waals surface area contributed by atoms with Crippen LogP contribution in [0.15, 0.2) is 47.6 Å². The van der Waals surface area contributed by atoms with Crippen molar-refractivity contribution >= 4 is 11.6 Å². The highest BCUT2D eigenvalue weighted by atomic mass is 19.1. The molecule has 2 aromatic carbocycles. The Balaban J connectivity index is 1.64. The predicted octanol–water partition coefficient (Wildman–Crippen LogP) is 3.65. The average Bonchev–Trinajstić information content (AvgIpc) is 3.14. The van der Waals surface area contributed by atoms with Crippen LogP contribution in [0.2, 0.25) is 0 Å². The third-order valence-electron chi connectivity index (χ3n) is 4.59. The topological polar surface area (TPSA) is 35.9 Å². The summed E-state index contributed by atoms with van der Waals surface area (Å²) in [6, 6.07) is 11.1.